The molecule has 2 aromatic rings. The molecule has 0 saturated carbocycles. The highest BCUT2D eigenvalue weighted by atomic mass is 32.2. The minimum Gasteiger partial charge on any atom is -0.323 e. The minimum absolute atomic E-state index is 0.108. The predicted molar refractivity (Wildman–Crippen MR) is 79.8 cm³/mol. The monoisotopic (exact) mass is 305 g/mol. The summed E-state index contributed by atoms with van der Waals surface area (Å²) in [6.07, 6.45) is 0. The van der Waals surface area contributed by atoms with E-state index in [9.17, 15) is 13.2 Å². The number of nitrogens with two attached hydrogens (primary N) is 2. The van der Waals surface area contributed by atoms with E-state index >= 15 is 0 Å². The third kappa shape index (κ3) is 3.66. The van der Waals surface area contributed by atoms with E-state index < -0.39 is 22.0 Å². The third-order valence-corrected chi connectivity index (χ3v) is 3.86. The number of anilines is 1. The Morgan fingerprint density at radius 1 is 1.00 bits per heavy atom. The Morgan fingerprint density at radius 2 is 1.57 bits per heavy atom. The second kappa shape index (κ2) is 6.04. The first-order valence-electron chi connectivity index (χ1n) is 6.13. The van der Waals surface area contributed by atoms with Gasteiger partial charge in [-0.15, -0.1) is 0 Å². The number of hydrogen-bond donors (Lipinski definition) is 3. The van der Waals surface area contributed by atoms with E-state index in [2.05, 4.69) is 5.32 Å². The van der Waals surface area contributed by atoms with Gasteiger partial charge in [-0.05, 0) is 17.7 Å². The fraction of sp³-hybridized carbons (Fsp3) is 0.0714. The summed E-state index contributed by atoms with van der Waals surface area (Å²) in [5.74, 6) is -0.516. The van der Waals surface area contributed by atoms with Crippen LogP contribution in [-0.4, -0.2) is 14.3 Å². The Kier molecular flexibility index (Phi) is 4.37. The summed E-state index contributed by atoms with van der Waals surface area (Å²) in [7, 11) is -3.92. The first kappa shape index (κ1) is 15.2. The van der Waals surface area contributed by atoms with Crippen LogP contribution >= 0.6 is 0 Å². The van der Waals surface area contributed by atoms with E-state index in [1.165, 1.54) is 18.2 Å². The van der Waals surface area contributed by atoms with Crippen LogP contribution in [0.3, 0.4) is 0 Å². The zero-order valence-electron chi connectivity index (χ0n) is 11.1. The molecule has 0 aliphatic rings. The molecule has 0 fully saturated rings. The quantitative estimate of drug-likeness (QED) is 0.780. The molecule has 0 spiro atoms. The van der Waals surface area contributed by atoms with Crippen LogP contribution in [0.15, 0.2) is 59.5 Å². The molecule has 0 aliphatic heterocycles. The van der Waals surface area contributed by atoms with Crippen molar-refractivity contribution in [3.63, 3.8) is 0 Å². The number of hydrogen-bond acceptors (Lipinski definition) is 4. The normalized spacial score (nSPS) is 12.7. The second-order valence-corrected chi connectivity index (χ2v) is 5.95. The zero-order valence-corrected chi connectivity index (χ0v) is 11.9. The third-order valence-electron chi connectivity index (χ3n) is 2.89. The smallest absolute Gasteiger partial charge is 0.245 e. The molecular weight excluding hydrogens is 290 g/mol. The first-order chi connectivity index (χ1) is 9.89. The number of sulfonamides is 1. The number of carbonyl (C=O) groups excluding carboxylic acids is 1. The van der Waals surface area contributed by atoms with Gasteiger partial charge in [-0.25, -0.2) is 13.6 Å². The molecule has 0 radical (unpaired) electrons. The molecule has 1 atom stereocenters. The maximum atomic E-state index is 12.1. The van der Waals surface area contributed by atoms with Gasteiger partial charge in [0.2, 0.25) is 15.9 Å². The highest BCUT2D eigenvalue weighted by Gasteiger charge is 2.19. The Labute approximate surface area is 122 Å². The van der Waals surface area contributed by atoms with Gasteiger partial charge in [-0.2, -0.15) is 0 Å². The van der Waals surface area contributed by atoms with E-state index in [1.54, 1.807) is 30.3 Å². The molecule has 2 rings (SSSR count). The largest absolute Gasteiger partial charge is 0.323 e. The number of nitrogens with one attached hydrogen (secondary N) is 1. The number of para-hydroxylation sites is 1. The maximum absolute atomic E-state index is 12.1. The van der Waals surface area contributed by atoms with Gasteiger partial charge in [0, 0.05) is 0 Å². The second-order valence-electron chi connectivity index (χ2n) is 4.42. The Balaban J connectivity index is 2.25. The van der Waals surface area contributed by atoms with Gasteiger partial charge < -0.3 is 11.1 Å². The summed E-state index contributed by atoms with van der Waals surface area (Å²) >= 11 is 0. The van der Waals surface area contributed by atoms with Crippen LogP contribution < -0.4 is 16.2 Å². The van der Waals surface area contributed by atoms with Crippen LogP contribution in [0.1, 0.15) is 11.6 Å². The molecule has 0 aromatic heterocycles. The summed E-state index contributed by atoms with van der Waals surface area (Å²) in [5, 5.41) is 7.60. The summed E-state index contributed by atoms with van der Waals surface area (Å²) < 4.78 is 22.9. The lowest BCUT2D eigenvalue weighted by molar-refractivity contribution is -0.117. The molecule has 1 amide bonds. The highest BCUT2D eigenvalue weighted by molar-refractivity contribution is 7.89. The van der Waals surface area contributed by atoms with Gasteiger partial charge in [0.25, 0.3) is 0 Å². The maximum Gasteiger partial charge on any atom is 0.245 e. The molecule has 0 saturated heterocycles. The molecule has 0 aliphatic carbocycles. The topological polar surface area (TPSA) is 115 Å². The Hall–Kier alpha value is -2.22. The predicted octanol–water partition coefficient (Wildman–Crippen LogP) is 0.972. The zero-order chi connectivity index (χ0) is 15.5. The Bertz CT molecular complexity index is 745. The molecule has 0 heterocycles. The Morgan fingerprint density at radius 3 is 2.19 bits per heavy atom. The lowest BCUT2D eigenvalue weighted by atomic mass is 10.1. The molecule has 21 heavy (non-hydrogen) atoms. The van der Waals surface area contributed by atoms with Crippen molar-refractivity contribution in [3.8, 4) is 0 Å². The van der Waals surface area contributed by atoms with Crippen molar-refractivity contribution in [2.45, 2.75) is 10.9 Å². The van der Waals surface area contributed by atoms with E-state index in [-0.39, 0.29) is 10.6 Å². The van der Waals surface area contributed by atoms with Crippen molar-refractivity contribution in [3.05, 3.63) is 60.2 Å². The fourth-order valence-electron chi connectivity index (χ4n) is 1.84. The van der Waals surface area contributed by atoms with E-state index in [1.807, 2.05) is 6.07 Å². The van der Waals surface area contributed by atoms with Crippen LogP contribution in [0.5, 0.6) is 0 Å². The van der Waals surface area contributed by atoms with Gasteiger partial charge in [-0.1, -0.05) is 42.5 Å². The van der Waals surface area contributed by atoms with Crippen LogP contribution in [-0.2, 0) is 14.8 Å². The lowest BCUT2D eigenvalue weighted by Crippen LogP contribution is -2.28. The van der Waals surface area contributed by atoms with Crippen molar-refractivity contribution in [1.29, 1.82) is 0 Å². The lowest BCUT2D eigenvalue weighted by Gasteiger charge is -2.14. The minimum atomic E-state index is -3.92. The SMILES string of the molecule is N[C@@H](C(=O)Nc1ccccc1S(N)(=O)=O)c1ccccc1. The summed E-state index contributed by atoms with van der Waals surface area (Å²) in [6.45, 7) is 0. The highest BCUT2D eigenvalue weighted by Crippen LogP contribution is 2.21. The number of amides is 1. The number of carbonyl (C=O) groups is 1. The molecule has 6 nitrogen and oxygen atoms in total. The standard InChI is InChI=1S/C14H15N3O3S/c15-13(10-6-2-1-3-7-10)14(18)17-11-8-4-5-9-12(11)21(16,19)20/h1-9,13H,15H2,(H,17,18)(H2,16,19,20)/t13-/m1/s1. The van der Waals surface area contributed by atoms with E-state index in [4.69, 9.17) is 10.9 Å². The molecule has 2 aromatic carbocycles. The van der Waals surface area contributed by atoms with Crippen LogP contribution in [0.25, 0.3) is 0 Å². The first-order valence-corrected chi connectivity index (χ1v) is 7.67. The van der Waals surface area contributed by atoms with Gasteiger partial charge in [0.15, 0.2) is 0 Å². The summed E-state index contributed by atoms with van der Waals surface area (Å²) in [6, 6.07) is 13.8. The van der Waals surface area contributed by atoms with Crippen LogP contribution in [0.2, 0.25) is 0 Å². The van der Waals surface area contributed by atoms with E-state index in [0.29, 0.717) is 5.56 Å². The van der Waals surface area contributed by atoms with Crippen molar-refractivity contribution in [2.75, 3.05) is 5.32 Å². The average Bonchev–Trinajstić information content (AvgIpc) is 2.47. The molecule has 0 unspecified atom stereocenters. The van der Waals surface area contributed by atoms with Crippen molar-refractivity contribution < 1.29 is 13.2 Å². The molecular formula is C14H15N3O3S. The van der Waals surface area contributed by atoms with Gasteiger partial charge in [0.05, 0.1) is 5.69 Å². The van der Waals surface area contributed by atoms with Crippen molar-refractivity contribution >= 4 is 21.6 Å². The number of primary sulfonamides is 1. The molecule has 110 valence electrons. The van der Waals surface area contributed by atoms with E-state index in [0.717, 1.165) is 0 Å². The van der Waals surface area contributed by atoms with Gasteiger partial charge >= 0.3 is 0 Å². The number of benzene rings is 2. The van der Waals surface area contributed by atoms with Gasteiger partial charge in [-0.3, -0.25) is 4.79 Å². The summed E-state index contributed by atoms with van der Waals surface area (Å²) in [4.78, 5) is 12.0. The molecule has 5 N–H and O–H groups in total. The average molecular weight is 305 g/mol. The molecule has 0 bridgehead atoms. The molecule has 7 heteroatoms. The van der Waals surface area contributed by atoms with Crippen molar-refractivity contribution in [1.82, 2.24) is 0 Å². The van der Waals surface area contributed by atoms with Crippen molar-refractivity contribution in [2.24, 2.45) is 10.9 Å². The fourth-order valence-corrected chi connectivity index (χ4v) is 2.53. The van der Waals surface area contributed by atoms with Crippen LogP contribution in [0.4, 0.5) is 5.69 Å². The summed E-state index contributed by atoms with van der Waals surface area (Å²) in [5.41, 5.74) is 6.59. The van der Waals surface area contributed by atoms with Crippen LogP contribution in [0, 0.1) is 0 Å². The number of rotatable bonds is 4. The van der Waals surface area contributed by atoms with Gasteiger partial charge in [0.1, 0.15) is 10.9 Å².